The molecule has 0 unspecified atom stereocenters. The van der Waals surface area contributed by atoms with Gasteiger partial charge in [0.15, 0.2) is 0 Å². The number of nitrogens with zero attached hydrogens (tertiary/aromatic N) is 2. The van der Waals surface area contributed by atoms with E-state index in [0.29, 0.717) is 16.2 Å². The van der Waals surface area contributed by atoms with Crippen molar-refractivity contribution in [2.75, 3.05) is 0 Å². The largest absolute Gasteiger partial charge is 0.478 e. The summed E-state index contributed by atoms with van der Waals surface area (Å²) in [6, 6.07) is 12.3. The molecular formula is C14H9ClN2O2. The van der Waals surface area contributed by atoms with Crippen molar-refractivity contribution in [3.05, 3.63) is 59.2 Å². The Labute approximate surface area is 113 Å². The Bertz CT molecular complexity index is 763. The molecule has 3 aromatic rings. The lowest BCUT2D eigenvalue weighted by molar-refractivity contribution is 0.0700. The minimum Gasteiger partial charge on any atom is -0.478 e. The number of carbonyl (C=O) groups is 1. The molecule has 0 aliphatic heterocycles. The predicted molar refractivity (Wildman–Crippen MR) is 72.6 cm³/mol. The van der Waals surface area contributed by atoms with Crippen LogP contribution < -0.4 is 0 Å². The highest BCUT2D eigenvalue weighted by atomic mass is 35.5. The van der Waals surface area contributed by atoms with Crippen LogP contribution in [-0.4, -0.2) is 20.7 Å². The molecule has 94 valence electrons. The van der Waals surface area contributed by atoms with Gasteiger partial charge in [-0.1, -0.05) is 29.8 Å². The minimum atomic E-state index is -0.994. The SMILES string of the molecule is O=C(O)c1c(-c2ccc(Cl)cc2)nn2ccccc12. The summed E-state index contributed by atoms with van der Waals surface area (Å²) in [7, 11) is 0. The number of pyridine rings is 1. The molecule has 0 bridgehead atoms. The first-order valence-electron chi connectivity index (χ1n) is 5.63. The second kappa shape index (κ2) is 4.40. The molecule has 1 N–H and O–H groups in total. The lowest BCUT2D eigenvalue weighted by Crippen LogP contribution is -1.97. The van der Waals surface area contributed by atoms with Crippen LogP contribution in [0.15, 0.2) is 48.7 Å². The van der Waals surface area contributed by atoms with Gasteiger partial charge < -0.3 is 5.11 Å². The Morgan fingerprint density at radius 3 is 2.58 bits per heavy atom. The Hall–Kier alpha value is -2.33. The Morgan fingerprint density at radius 1 is 1.16 bits per heavy atom. The van der Waals surface area contributed by atoms with E-state index in [1.165, 1.54) is 0 Å². The van der Waals surface area contributed by atoms with Crippen LogP contribution in [0.2, 0.25) is 5.02 Å². The normalized spacial score (nSPS) is 10.8. The zero-order chi connectivity index (χ0) is 13.4. The molecule has 0 saturated carbocycles. The first-order chi connectivity index (χ1) is 9.16. The first-order valence-corrected chi connectivity index (χ1v) is 6.01. The molecule has 0 saturated heterocycles. The first kappa shape index (κ1) is 11.7. The maximum absolute atomic E-state index is 11.5. The van der Waals surface area contributed by atoms with Gasteiger partial charge in [0.2, 0.25) is 0 Å². The molecule has 4 nitrogen and oxygen atoms in total. The number of hydrogen-bond acceptors (Lipinski definition) is 2. The average Bonchev–Trinajstić information content (AvgIpc) is 2.78. The van der Waals surface area contributed by atoms with Crippen LogP contribution in [0.25, 0.3) is 16.8 Å². The highest BCUT2D eigenvalue weighted by molar-refractivity contribution is 6.30. The van der Waals surface area contributed by atoms with Crippen molar-refractivity contribution in [1.29, 1.82) is 0 Å². The van der Waals surface area contributed by atoms with Crippen LogP contribution in [0.1, 0.15) is 10.4 Å². The molecule has 0 aliphatic carbocycles. The number of benzene rings is 1. The fourth-order valence-corrected chi connectivity index (χ4v) is 2.15. The monoisotopic (exact) mass is 272 g/mol. The summed E-state index contributed by atoms with van der Waals surface area (Å²) in [5, 5.41) is 14.3. The summed E-state index contributed by atoms with van der Waals surface area (Å²) in [5.74, 6) is -0.994. The van der Waals surface area contributed by atoms with E-state index in [0.717, 1.165) is 5.56 Å². The van der Waals surface area contributed by atoms with E-state index in [1.54, 1.807) is 53.2 Å². The van der Waals surface area contributed by atoms with Crippen molar-refractivity contribution >= 4 is 23.1 Å². The standard InChI is InChI=1S/C14H9ClN2O2/c15-10-6-4-9(5-7-10)13-12(14(18)19)11-3-1-2-8-17(11)16-13/h1-8H,(H,18,19). The highest BCUT2D eigenvalue weighted by Crippen LogP contribution is 2.27. The van der Waals surface area contributed by atoms with E-state index in [-0.39, 0.29) is 5.56 Å². The van der Waals surface area contributed by atoms with Gasteiger partial charge in [-0.05, 0) is 24.3 Å². The number of carboxylic acid groups (broad SMARTS) is 1. The molecule has 0 aliphatic rings. The van der Waals surface area contributed by atoms with Crippen LogP contribution >= 0.6 is 11.6 Å². The van der Waals surface area contributed by atoms with E-state index < -0.39 is 5.97 Å². The Morgan fingerprint density at radius 2 is 1.89 bits per heavy atom. The van der Waals surface area contributed by atoms with E-state index >= 15 is 0 Å². The van der Waals surface area contributed by atoms with Crippen molar-refractivity contribution in [2.45, 2.75) is 0 Å². The average molecular weight is 273 g/mol. The summed E-state index contributed by atoms with van der Waals surface area (Å²) < 4.78 is 1.56. The molecule has 2 heterocycles. The number of carboxylic acids is 1. The third-order valence-electron chi connectivity index (χ3n) is 2.87. The topological polar surface area (TPSA) is 54.6 Å². The van der Waals surface area contributed by atoms with Crippen LogP contribution in [0.5, 0.6) is 0 Å². The third-order valence-corrected chi connectivity index (χ3v) is 3.12. The van der Waals surface area contributed by atoms with Gasteiger partial charge in [0.25, 0.3) is 0 Å². The maximum Gasteiger partial charge on any atom is 0.340 e. The van der Waals surface area contributed by atoms with E-state index in [2.05, 4.69) is 5.10 Å². The van der Waals surface area contributed by atoms with Crippen LogP contribution in [-0.2, 0) is 0 Å². The smallest absolute Gasteiger partial charge is 0.340 e. The van der Waals surface area contributed by atoms with Crippen LogP contribution in [0, 0.1) is 0 Å². The summed E-state index contributed by atoms with van der Waals surface area (Å²) in [5.41, 5.74) is 1.93. The molecular weight excluding hydrogens is 264 g/mol. The van der Waals surface area contributed by atoms with Gasteiger partial charge in [0, 0.05) is 16.8 Å². The molecule has 0 fully saturated rings. The van der Waals surface area contributed by atoms with Gasteiger partial charge >= 0.3 is 5.97 Å². The fraction of sp³-hybridized carbons (Fsp3) is 0. The Kier molecular flexibility index (Phi) is 2.72. The molecule has 19 heavy (non-hydrogen) atoms. The quantitative estimate of drug-likeness (QED) is 0.778. The lowest BCUT2D eigenvalue weighted by atomic mass is 10.1. The third kappa shape index (κ3) is 1.96. The summed E-state index contributed by atoms with van der Waals surface area (Å²) in [6.07, 6.45) is 1.72. The summed E-state index contributed by atoms with van der Waals surface area (Å²) >= 11 is 5.84. The van der Waals surface area contributed by atoms with Gasteiger partial charge in [0.1, 0.15) is 11.3 Å². The molecule has 1 aromatic carbocycles. The van der Waals surface area contributed by atoms with Gasteiger partial charge in [-0.25, -0.2) is 9.31 Å². The molecule has 2 aromatic heterocycles. The van der Waals surface area contributed by atoms with Gasteiger partial charge in [0.05, 0.1) is 5.52 Å². The molecule has 0 spiro atoms. The van der Waals surface area contributed by atoms with Gasteiger partial charge in [-0.2, -0.15) is 5.10 Å². The molecule has 0 radical (unpaired) electrons. The van der Waals surface area contributed by atoms with Gasteiger partial charge in [-0.15, -0.1) is 0 Å². The van der Waals surface area contributed by atoms with Crippen molar-refractivity contribution < 1.29 is 9.90 Å². The molecule has 5 heteroatoms. The van der Waals surface area contributed by atoms with Crippen LogP contribution in [0.3, 0.4) is 0 Å². The number of aromatic nitrogens is 2. The summed E-state index contributed by atoms with van der Waals surface area (Å²) in [6.45, 7) is 0. The number of fused-ring (bicyclic) bond motifs is 1. The maximum atomic E-state index is 11.5. The predicted octanol–water partition coefficient (Wildman–Crippen LogP) is 3.35. The number of hydrogen-bond donors (Lipinski definition) is 1. The molecule has 0 atom stereocenters. The lowest BCUT2D eigenvalue weighted by Gasteiger charge is -1.98. The number of rotatable bonds is 2. The Balaban J connectivity index is 2.31. The minimum absolute atomic E-state index is 0.197. The van der Waals surface area contributed by atoms with Gasteiger partial charge in [-0.3, -0.25) is 0 Å². The van der Waals surface area contributed by atoms with Crippen molar-refractivity contribution in [3.8, 4) is 11.3 Å². The zero-order valence-electron chi connectivity index (χ0n) is 9.75. The summed E-state index contributed by atoms with van der Waals surface area (Å²) in [4.78, 5) is 11.5. The fourth-order valence-electron chi connectivity index (χ4n) is 2.02. The van der Waals surface area contributed by atoms with E-state index in [1.807, 2.05) is 0 Å². The number of halogens is 1. The van der Waals surface area contributed by atoms with Crippen molar-refractivity contribution in [2.24, 2.45) is 0 Å². The second-order valence-corrected chi connectivity index (χ2v) is 4.50. The van der Waals surface area contributed by atoms with Crippen molar-refractivity contribution in [3.63, 3.8) is 0 Å². The van der Waals surface area contributed by atoms with Crippen LogP contribution in [0.4, 0.5) is 0 Å². The van der Waals surface area contributed by atoms with E-state index in [9.17, 15) is 9.90 Å². The highest BCUT2D eigenvalue weighted by Gasteiger charge is 2.19. The molecule has 0 amide bonds. The number of aromatic carboxylic acids is 1. The van der Waals surface area contributed by atoms with Crippen molar-refractivity contribution in [1.82, 2.24) is 9.61 Å². The second-order valence-electron chi connectivity index (χ2n) is 4.07. The zero-order valence-corrected chi connectivity index (χ0v) is 10.5. The van der Waals surface area contributed by atoms with E-state index in [4.69, 9.17) is 11.6 Å². The molecule has 3 rings (SSSR count).